The number of carbonyl (C=O) groups excluding carboxylic acids is 1. The van der Waals surface area contributed by atoms with E-state index < -0.39 is 11.9 Å². The van der Waals surface area contributed by atoms with Crippen LogP contribution in [0.15, 0.2) is 48.5 Å². The summed E-state index contributed by atoms with van der Waals surface area (Å²) in [5, 5.41) is 11.4. The van der Waals surface area contributed by atoms with E-state index in [4.69, 9.17) is 10.00 Å². The van der Waals surface area contributed by atoms with Gasteiger partial charge in [-0.25, -0.2) is 9.18 Å². The Morgan fingerprint density at radius 1 is 1.17 bits per heavy atom. The molecule has 0 spiro atoms. The highest BCUT2D eigenvalue weighted by molar-refractivity contribution is 5.67. The molecule has 0 radical (unpaired) electrons. The van der Waals surface area contributed by atoms with E-state index in [1.165, 1.54) is 18.2 Å². The number of nitrogens with one attached hydrogen (secondary N) is 1. The van der Waals surface area contributed by atoms with Crippen molar-refractivity contribution in [2.24, 2.45) is 0 Å². The maximum atomic E-state index is 13.1. The number of benzene rings is 2. The Morgan fingerprint density at radius 3 is 2.70 bits per heavy atom. The second-order valence-electron chi connectivity index (χ2n) is 4.52. The first-order valence-electron chi connectivity index (χ1n) is 6.82. The van der Waals surface area contributed by atoms with E-state index in [1.54, 1.807) is 0 Å². The third-order valence-corrected chi connectivity index (χ3v) is 2.86. The highest BCUT2D eigenvalue weighted by Gasteiger charge is 2.02. The first-order chi connectivity index (χ1) is 11.2. The van der Waals surface area contributed by atoms with Gasteiger partial charge in [0.2, 0.25) is 0 Å². The van der Waals surface area contributed by atoms with Gasteiger partial charge in [0.15, 0.2) is 0 Å². The summed E-state index contributed by atoms with van der Waals surface area (Å²) < 4.78 is 18.1. The number of halogens is 1. The largest absolute Gasteiger partial charge is 0.445 e. The zero-order valence-electron chi connectivity index (χ0n) is 12.2. The molecule has 0 heterocycles. The van der Waals surface area contributed by atoms with Crippen molar-refractivity contribution in [2.45, 2.75) is 6.61 Å². The van der Waals surface area contributed by atoms with Crippen molar-refractivity contribution < 1.29 is 13.9 Å². The van der Waals surface area contributed by atoms with Crippen LogP contribution in [0.4, 0.5) is 9.18 Å². The van der Waals surface area contributed by atoms with E-state index in [2.05, 4.69) is 17.2 Å². The molecule has 0 aliphatic carbocycles. The molecule has 1 N–H and O–H groups in total. The molecule has 114 valence electrons. The molecule has 1 amide bonds. The van der Waals surface area contributed by atoms with Crippen LogP contribution < -0.4 is 5.32 Å². The zero-order chi connectivity index (χ0) is 16.5. The lowest BCUT2D eigenvalue weighted by Gasteiger charge is -2.04. The molecule has 0 aromatic heterocycles. The lowest BCUT2D eigenvalue weighted by Crippen LogP contribution is -2.24. The van der Waals surface area contributed by atoms with Crippen LogP contribution in [0.5, 0.6) is 0 Å². The summed E-state index contributed by atoms with van der Waals surface area (Å²) in [5.74, 6) is 4.84. The van der Waals surface area contributed by atoms with E-state index in [9.17, 15) is 9.18 Å². The first-order valence-corrected chi connectivity index (χ1v) is 6.82. The predicted molar refractivity (Wildman–Crippen MR) is 82.6 cm³/mol. The van der Waals surface area contributed by atoms with Crippen molar-refractivity contribution in [1.29, 1.82) is 5.26 Å². The van der Waals surface area contributed by atoms with E-state index in [0.29, 0.717) is 0 Å². The third-order valence-electron chi connectivity index (χ3n) is 2.86. The summed E-state index contributed by atoms with van der Waals surface area (Å²) in [7, 11) is 0. The summed E-state index contributed by atoms with van der Waals surface area (Å²) in [4.78, 5) is 11.5. The average Bonchev–Trinajstić information content (AvgIpc) is 2.58. The number of hydrogen-bond donors (Lipinski definition) is 1. The molecule has 5 heteroatoms. The monoisotopic (exact) mass is 308 g/mol. The lowest BCUT2D eigenvalue weighted by atomic mass is 10.1. The van der Waals surface area contributed by atoms with Gasteiger partial charge in [0.05, 0.1) is 12.1 Å². The SMILES string of the molecule is N#Cc1ccc(F)cc1C#CCNC(=O)OCc1ccccc1. The predicted octanol–water partition coefficient (Wildman–Crippen LogP) is 2.98. The van der Waals surface area contributed by atoms with Gasteiger partial charge in [-0.1, -0.05) is 42.2 Å². The van der Waals surface area contributed by atoms with E-state index in [1.807, 2.05) is 36.4 Å². The molecule has 0 aliphatic heterocycles. The van der Waals surface area contributed by atoms with Gasteiger partial charge < -0.3 is 10.1 Å². The Kier molecular flexibility index (Phi) is 5.74. The van der Waals surface area contributed by atoms with Gasteiger partial charge in [0.25, 0.3) is 0 Å². The van der Waals surface area contributed by atoms with Crippen LogP contribution >= 0.6 is 0 Å². The first kappa shape index (κ1) is 16.1. The van der Waals surface area contributed by atoms with Crippen molar-refractivity contribution in [3.8, 4) is 17.9 Å². The van der Waals surface area contributed by atoms with Gasteiger partial charge in [0.1, 0.15) is 18.5 Å². The zero-order valence-corrected chi connectivity index (χ0v) is 12.2. The molecular weight excluding hydrogens is 295 g/mol. The van der Waals surface area contributed by atoms with Gasteiger partial charge in [-0.05, 0) is 23.8 Å². The minimum Gasteiger partial charge on any atom is -0.445 e. The molecule has 0 fully saturated rings. The molecule has 0 unspecified atom stereocenters. The molecular formula is C18H13FN2O2. The second-order valence-corrected chi connectivity index (χ2v) is 4.52. The molecule has 23 heavy (non-hydrogen) atoms. The second kappa shape index (κ2) is 8.21. The molecule has 0 saturated heterocycles. The minimum atomic E-state index is -0.595. The van der Waals surface area contributed by atoms with Crippen molar-refractivity contribution in [3.05, 3.63) is 71.0 Å². The molecule has 2 rings (SSSR count). The van der Waals surface area contributed by atoms with Crippen LogP contribution in [0, 0.1) is 29.0 Å². The van der Waals surface area contributed by atoms with E-state index >= 15 is 0 Å². The molecule has 4 nitrogen and oxygen atoms in total. The maximum absolute atomic E-state index is 13.1. The number of rotatable bonds is 3. The van der Waals surface area contributed by atoms with Crippen LogP contribution in [-0.4, -0.2) is 12.6 Å². The normalized spacial score (nSPS) is 9.22. The Morgan fingerprint density at radius 2 is 1.96 bits per heavy atom. The van der Waals surface area contributed by atoms with Crippen LogP contribution in [0.25, 0.3) is 0 Å². The summed E-state index contributed by atoms with van der Waals surface area (Å²) in [6.07, 6.45) is -0.595. The van der Waals surface area contributed by atoms with Crippen LogP contribution in [-0.2, 0) is 11.3 Å². The third kappa shape index (κ3) is 5.18. The topological polar surface area (TPSA) is 62.1 Å². The highest BCUT2D eigenvalue weighted by Crippen LogP contribution is 2.08. The van der Waals surface area contributed by atoms with Crippen LogP contribution in [0.1, 0.15) is 16.7 Å². The fourth-order valence-electron chi connectivity index (χ4n) is 1.75. The summed E-state index contributed by atoms with van der Waals surface area (Å²) in [5.41, 5.74) is 1.45. The van der Waals surface area contributed by atoms with Gasteiger partial charge >= 0.3 is 6.09 Å². The van der Waals surface area contributed by atoms with Crippen molar-refractivity contribution in [1.82, 2.24) is 5.32 Å². The lowest BCUT2D eigenvalue weighted by molar-refractivity contribution is 0.141. The fourth-order valence-corrected chi connectivity index (χ4v) is 1.75. The minimum absolute atomic E-state index is 0.0367. The summed E-state index contributed by atoms with van der Waals surface area (Å²) >= 11 is 0. The summed E-state index contributed by atoms with van der Waals surface area (Å²) in [6, 6.07) is 15.0. The van der Waals surface area contributed by atoms with Crippen molar-refractivity contribution in [3.63, 3.8) is 0 Å². The molecule has 2 aromatic carbocycles. The fraction of sp³-hybridized carbons (Fsp3) is 0.111. The standard InChI is InChI=1S/C18H13FN2O2/c19-17-9-8-16(12-20)15(11-17)7-4-10-21-18(22)23-13-14-5-2-1-3-6-14/h1-3,5-6,8-9,11H,10,13H2,(H,21,22). The highest BCUT2D eigenvalue weighted by atomic mass is 19.1. The molecule has 0 aliphatic rings. The Bertz CT molecular complexity index is 786. The molecule has 0 atom stereocenters. The van der Waals surface area contributed by atoms with Crippen LogP contribution in [0.2, 0.25) is 0 Å². The number of hydrogen-bond acceptors (Lipinski definition) is 3. The molecule has 2 aromatic rings. The quantitative estimate of drug-likeness (QED) is 0.887. The number of ether oxygens (including phenoxy) is 1. The van der Waals surface area contributed by atoms with E-state index in [0.717, 1.165) is 5.56 Å². The molecule has 0 bridgehead atoms. The maximum Gasteiger partial charge on any atom is 0.408 e. The number of carbonyl (C=O) groups is 1. The molecule has 0 saturated carbocycles. The number of nitriles is 1. The van der Waals surface area contributed by atoms with Gasteiger partial charge in [-0.3, -0.25) is 0 Å². The van der Waals surface area contributed by atoms with Crippen LogP contribution in [0.3, 0.4) is 0 Å². The average molecular weight is 308 g/mol. The van der Waals surface area contributed by atoms with Crippen molar-refractivity contribution >= 4 is 6.09 Å². The van der Waals surface area contributed by atoms with Gasteiger partial charge in [-0.2, -0.15) is 5.26 Å². The Balaban J connectivity index is 1.83. The Hall–Kier alpha value is -3.31. The number of nitrogens with zero attached hydrogens (tertiary/aromatic N) is 1. The summed E-state index contributed by atoms with van der Waals surface area (Å²) in [6.45, 7) is 0.206. The van der Waals surface area contributed by atoms with Gasteiger partial charge in [0, 0.05) is 5.56 Å². The Labute approximate surface area is 133 Å². The smallest absolute Gasteiger partial charge is 0.408 e. The number of alkyl carbamates (subject to hydrolysis) is 1. The van der Waals surface area contributed by atoms with E-state index in [-0.39, 0.29) is 24.3 Å². The van der Waals surface area contributed by atoms with Gasteiger partial charge in [-0.15, -0.1) is 0 Å². The number of amides is 1. The van der Waals surface area contributed by atoms with Crippen molar-refractivity contribution in [2.75, 3.05) is 6.54 Å².